The molecule has 1 saturated heterocycles. The van der Waals surface area contributed by atoms with Gasteiger partial charge < -0.3 is 10.1 Å². The van der Waals surface area contributed by atoms with Crippen molar-refractivity contribution in [3.05, 3.63) is 29.8 Å². The zero-order chi connectivity index (χ0) is 20.7. The molecule has 1 aromatic carbocycles. The van der Waals surface area contributed by atoms with E-state index in [4.69, 9.17) is 4.74 Å². The van der Waals surface area contributed by atoms with Crippen LogP contribution in [0.25, 0.3) is 0 Å². The highest BCUT2D eigenvalue weighted by molar-refractivity contribution is 7.89. The number of fused-ring (bicyclic) bond motifs is 1. The number of carbonyl (C=O) groups excluding carboxylic acids is 1. The van der Waals surface area contributed by atoms with Crippen LogP contribution in [0.1, 0.15) is 25.3 Å². The number of alkyl halides is 3. The molecule has 0 spiro atoms. The summed E-state index contributed by atoms with van der Waals surface area (Å²) in [4.78, 5) is 11.3. The van der Waals surface area contributed by atoms with Gasteiger partial charge in [0.05, 0.1) is 22.6 Å². The summed E-state index contributed by atoms with van der Waals surface area (Å²) in [6.07, 6.45) is -3.50. The average Bonchev–Trinajstić information content (AvgIpc) is 3.03. The number of nitrogens with one attached hydrogen (secondary N) is 1. The van der Waals surface area contributed by atoms with Crippen LogP contribution in [0.5, 0.6) is 0 Å². The molecule has 1 aliphatic carbocycles. The molecule has 1 N–H and O–H groups in total. The monoisotopic (exact) mass is 420 g/mol. The van der Waals surface area contributed by atoms with Crippen LogP contribution in [-0.4, -0.2) is 51.0 Å². The maximum Gasteiger partial charge on any atom is 0.416 e. The predicted molar refractivity (Wildman–Crippen MR) is 94.8 cm³/mol. The van der Waals surface area contributed by atoms with E-state index in [2.05, 4.69) is 5.32 Å². The molecule has 1 heterocycles. The molecular weight excluding hydrogens is 397 g/mol. The molecule has 0 aromatic heterocycles. The number of carbonyl (C=O) groups is 1. The summed E-state index contributed by atoms with van der Waals surface area (Å²) in [6, 6.07) is 3.38. The fourth-order valence-corrected chi connectivity index (χ4v) is 5.76. The van der Waals surface area contributed by atoms with Gasteiger partial charge in [-0.1, -0.05) is 0 Å². The molecule has 28 heavy (non-hydrogen) atoms. The number of ether oxygens (including phenoxy) is 1. The van der Waals surface area contributed by atoms with Crippen LogP contribution in [0.4, 0.5) is 13.2 Å². The Kier molecular flexibility index (Phi) is 5.75. The Morgan fingerprint density at radius 1 is 1.14 bits per heavy atom. The Morgan fingerprint density at radius 3 is 2.21 bits per heavy atom. The standard InChI is InChI=1S/C18H23F3N2O4S/c1-11(24)22-16-7-12-9-23(10-13(12)8-17(16)27-2)28(25,26)15-5-3-14(4-6-15)18(19,20)21/h3-6,12-13,16-17H,7-10H2,1-2H3,(H,22,24)/t12-,13+,16-,17-/m1/s1. The lowest BCUT2D eigenvalue weighted by Crippen LogP contribution is -2.49. The summed E-state index contributed by atoms with van der Waals surface area (Å²) >= 11 is 0. The van der Waals surface area contributed by atoms with Crippen molar-refractivity contribution in [1.29, 1.82) is 0 Å². The molecule has 0 unspecified atom stereocenters. The third-order valence-electron chi connectivity index (χ3n) is 5.59. The third kappa shape index (κ3) is 4.18. The van der Waals surface area contributed by atoms with E-state index in [1.807, 2.05) is 0 Å². The van der Waals surface area contributed by atoms with Crippen molar-refractivity contribution in [2.45, 2.75) is 43.0 Å². The van der Waals surface area contributed by atoms with Crippen LogP contribution in [0, 0.1) is 11.8 Å². The Bertz CT molecular complexity index is 826. The van der Waals surface area contributed by atoms with Crippen molar-refractivity contribution in [3.63, 3.8) is 0 Å². The van der Waals surface area contributed by atoms with Crippen molar-refractivity contribution in [3.8, 4) is 0 Å². The highest BCUT2D eigenvalue weighted by Gasteiger charge is 2.46. The first-order valence-electron chi connectivity index (χ1n) is 8.99. The van der Waals surface area contributed by atoms with Crippen molar-refractivity contribution in [1.82, 2.24) is 9.62 Å². The maximum atomic E-state index is 12.9. The van der Waals surface area contributed by atoms with Gasteiger partial charge >= 0.3 is 6.18 Å². The molecule has 4 atom stereocenters. The molecule has 0 bridgehead atoms. The molecule has 6 nitrogen and oxygen atoms in total. The van der Waals surface area contributed by atoms with E-state index in [9.17, 15) is 26.4 Å². The molecule has 10 heteroatoms. The number of halogens is 3. The van der Waals surface area contributed by atoms with Crippen molar-refractivity contribution < 1.29 is 31.1 Å². The van der Waals surface area contributed by atoms with E-state index in [0.717, 1.165) is 24.3 Å². The molecular formula is C18H23F3N2O4S. The van der Waals surface area contributed by atoms with Gasteiger partial charge in [0.1, 0.15) is 0 Å². The largest absolute Gasteiger partial charge is 0.416 e. The summed E-state index contributed by atoms with van der Waals surface area (Å²) in [6.45, 7) is 2.00. The van der Waals surface area contributed by atoms with Crippen molar-refractivity contribution >= 4 is 15.9 Å². The molecule has 156 valence electrons. The lowest BCUT2D eigenvalue weighted by molar-refractivity contribution is -0.137. The van der Waals surface area contributed by atoms with E-state index in [1.54, 1.807) is 7.11 Å². The first-order chi connectivity index (χ1) is 13.0. The summed E-state index contributed by atoms with van der Waals surface area (Å²) in [7, 11) is -2.33. The van der Waals surface area contributed by atoms with Gasteiger partial charge in [0, 0.05) is 27.1 Å². The van der Waals surface area contributed by atoms with Crippen LogP contribution >= 0.6 is 0 Å². The van der Waals surface area contributed by atoms with E-state index < -0.39 is 21.8 Å². The lowest BCUT2D eigenvalue weighted by atomic mass is 9.77. The molecule has 2 fully saturated rings. The topological polar surface area (TPSA) is 75.7 Å². The Balaban J connectivity index is 1.76. The number of benzene rings is 1. The molecule has 1 aromatic rings. The quantitative estimate of drug-likeness (QED) is 0.811. The summed E-state index contributed by atoms with van der Waals surface area (Å²) in [5, 5.41) is 2.86. The first kappa shape index (κ1) is 21.1. The fourth-order valence-electron chi connectivity index (χ4n) is 4.21. The molecule has 0 radical (unpaired) electrons. The van der Waals surface area contributed by atoms with E-state index in [1.165, 1.54) is 11.2 Å². The molecule has 2 aliphatic rings. The molecule has 3 rings (SSSR count). The number of nitrogens with zero attached hydrogens (tertiary/aromatic N) is 1. The Labute approximate surface area is 162 Å². The second kappa shape index (κ2) is 7.64. The maximum absolute atomic E-state index is 12.9. The van der Waals surface area contributed by atoms with Crippen molar-refractivity contribution in [2.24, 2.45) is 11.8 Å². The number of rotatable bonds is 4. The smallest absolute Gasteiger partial charge is 0.379 e. The zero-order valence-corrected chi connectivity index (χ0v) is 16.4. The van der Waals surface area contributed by atoms with Crippen LogP contribution in [0.15, 0.2) is 29.2 Å². The number of methoxy groups -OCH3 is 1. The van der Waals surface area contributed by atoms with Crippen LogP contribution in [-0.2, 0) is 25.7 Å². The SMILES string of the molecule is CO[C@@H]1C[C@H]2CN(S(=O)(=O)c3ccc(C(F)(F)F)cc3)C[C@H]2C[C@H]1NC(C)=O. The van der Waals surface area contributed by atoms with E-state index >= 15 is 0 Å². The number of hydrogen-bond donors (Lipinski definition) is 1. The first-order valence-corrected chi connectivity index (χ1v) is 10.4. The summed E-state index contributed by atoms with van der Waals surface area (Å²) in [5.41, 5.74) is -0.886. The molecule has 1 amide bonds. The molecule has 1 aliphatic heterocycles. The third-order valence-corrected chi connectivity index (χ3v) is 7.44. The van der Waals surface area contributed by atoms with Gasteiger partial charge in [-0.3, -0.25) is 4.79 Å². The zero-order valence-electron chi connectivity index (χ0n) is 15.6. The highest BCUT2D eigenvalue weighted by Crippen LogP contribution is 2.39. The molecule has 1 saturated carbocycles. The van der Waals surface area contributed by atoms with Gasteiger partial charge in [0.2, 0.25) is 15.9 Å². The second-order valence-electron chi connectivity index (χ2n) is 7.42. The summed E-state index contributed by atoms with van der Waals surface area (Å²) in [5.74, 6) is -0.0237. The lowest BCUT2D eigenvalue weighted by Gasteiger charge is -2.37. The Morgan fingerprint density at radius 2 is 1.71 bits per heavy atom. The second-order valence-corrected chi connectivity index (χ2v) is 9.35. The van der Waals surface area contributed by atoms with Crippen molar-refractivity contribution in [2.75, 3.05) is 20.2 Å². The van der Waals surface area contributed by atoms with Crippen LogP contribution < -0.4 is 5.32 Å². The van der Waals surface area contributed by atoms with E-state index in [-0.39, 0.29) is 41.3 Å². The fraction of sp³-hybridized carbons (Fsp3) is 0.611. The minimum absolute atomic E-state index is 0.0625. The van der Waals surface area contributed by atoms with Gasteiger partial charge in [-0.25, -0.2) is 8.42 Å². The van der Waals surface area contributed by atoms with Gasteiger partial charge in [-0.15, -0.1) is 0 Å². The summed E-state index contributed by atoms with van der Waals surface area (Å²) < 4.78 is 70.7. The minimum Gasteiger partial charge on any atom is -0.379 e. The van der Waals surface area contributed by atoms with Gasteiger partial charge in [-0.2, -0.15) is 17.5 Å². The Hall–Kier alpha value is -1.65. The van der Waals surface area contributed by atoms with Crippen LogP contribution in [0.3, 0.4) is 0 Å². The van der Waals surface area contributed by atoms with Gasteiger partial charge in [0.15, 0.2) is 0 Å². The number of sulfonamides is 1. The highest BCUT2D eigenvalue weighted by atomic mass is 32.2. The van der Waals surface area contributed by atoms with Gasteiger partial charge in [0.25, 0.3) is 0 Å². The normalized spacial score (nSPS) is 28.8. The predicted octanol–water partition coefficient (Wildman–Crippen LogP) is 2.26. The van der Waals surface area contributed by atoms with E-state index in [0.29, 0.717) is 19.4 Å². The van der Waals surface area contributed by atoms with Crippen LogP contribution in [0.2, 0.25) is 0 Å². The average molecular weight is 420 g/mol. The minimum atomic E-state index is -4.52. The number of hydrogen-bond acceptors (Lipinski definition) is 4. The number of amides is 1. The van der Waals surface area contributed by atoms with Gasteiger partial charge in [-0.05, 0) is 48.9 Å².